The van der Waals surface area contributed by atoms with Gasteiger partial charge in [0.05, 0.1) is 6.10 Å². The molecular weight excluding hydrogens is 138 g/mol. The first-order valence-electron chi connectivity index (χ1n) is 4.67. The molecule has 0 unspecified atom stereocenters. The van der Waals surface area contributed by atoms with Gasteiger partial charge in [-0.1, -0.05) is 6.42 Å². The Balaban J connectivity index is 2.07. The SMILES string of the molecule is CN1[C@@H]2CCC[C@H]1C[C@H](O)C2. The number of fused-ring (bicyclic) bond motifs is 2. The Hall–Kier alpha value is -0.0800. The highest BCUT2D eigenvalue weighted by molar-refractivity contribution is 4.90. The fourth-order valence-corrected chi connectivity index (χ4v) is 2.59. The van der Waals surface area contributed by atoms with E-state index in [0.717, 1.165) is 12.8 Å². The van der Waals surface area contributed by atoms with E-state index in [1.165, 1.54) is 19.3 Å². The number of nitrogens with zero attached hydrogens (tertiary/aromatic N) is 1. The maximum absolute atomic E-state index is 9.51. The van der Waals surface area contributed by atoms with Crippen molar-refractivity contribution in [2.24, 2.45) is 0 Å². The molecule has 2 aliphatic rings. The van der Waals surface area contributed by atoms with Gasteiger partial charge in [0, 0.05) is 12.1 Å². The van der Waals surface area contributed by atoms with Gasteiger partial charge in [-0.3, -0.25) is 0 Å². The molecule has 2 heteroatoms. The molecule has 2 saturated heterocycles. The minimum Gasteiger partial charge on any atom is -0.393 e. The molecule has 2 heterocycles. The number of hydrogen-bond donors (Lipinski definition) is 1. The summed E-state index contributed by atoms with van der Waals surface area (Å²) in [6, 6.07) is 1.36. The summed E-state index contributed by atoms with van der Waals surface area (Å²) in [6.45, 7) is 0. The zero-order valence-corrected chi connectivity index (χ0v) is 7.16. The summed E-state index contributed by atoms with van der Waals surface area (Å²) in [4.78, 5) is 2.47. The number of hydrogen-bond acceptors (Lipinski definition) is 2. The summed E-state index contributed by atoms with van der Waals surface area (Å²) in [6.07, 6.45) is 5.96. The lowest BCUT2D eigenvalue weighted by Crippen LogP contribution is -2.51. The van der Waals surface area contributed by atoms with Crippen molar-refractivity contribution in [1.29, 1.82) is 0 Å². The van der Waals surface area contributed by atoms with Crippen LogP contribution in [-0.2, 0) is 0 Å². The van der Waals surface area contributed by atoms with Crippen LogP contribution in [0.25, 0.3) is 0 Å². The first-order chi connectivity index (χ1) is 5.27. The first kappa shape index (κ1) is 7.56. The molecule has 2 nitrogen and oxygen atoms in total. The zero-order valence-electron chi connectivity index (χ0n) is 7.16. The maximum Gasteiger partial charge on any atom is 0.0570 e. The molecule has 0 amide bonds. The van der Waals surface area contributed by atoms with E-state index in [-0.39, 0.29) is 6.10 Å². The van der Waals surface area contributed by atoms with Crippen molar-refractivity contribution in [2.45, 2.75) is 50.3 Å². The van der Waals surface area contributed by atoms with Crippen molar-refractivity contribution in [2.75, 3.05) is 7.05 Å². The van der Waals surface area contributed by atoms with Crippen LogP contribution >= 0.6 is 0 Å². The largest absolute Gasteiger partial charge is 0.393 e. The van der Waals surface area contributed by atoms with Crippen molar-refractivity contribution in [3.63, 3.8) is 0 Å². The molecule has 0 aromatic carbocycles. The first-order valence-corrected chi connectivity index (χ1v) is 4.67. The van der Waals surface area contributed by atoms with E-state index in [1.54, 1.807) is 0 Å². The van der Waals surface area contributed by atoms with Crippen LogP contribution in [0.1, 0.15) is 32.1 Å². The minimum atomic E-state index is -0.0125. The third-order valence-electron chi connectivity index (χ3n) is 3.31. The Kier molecular flexibility index (Phi) is 1.90. The van der Waals surface area contributed by atoms with Gasteiger partial charge in [0.1, 0.15) is 0 Å². The lowest BCUT2D eigenvalue weighted by Gasteiger charge is -2.45. The van der Waals surface area contributed by atoms with Crippen LogP contribution < -0.4 is 0 Å². The predicted molar refractivity (Wildman–Crippen MR) is 44.4 cm³/mol. The fourth-order valence-electron chi connectivity index (χ4n) is 2.59. The molecule has 64 valence electrons. The Labute approximate surface area is 68.2 Å². The van der Waals surface area contributed by atoms with Gasteiger partial charge in [-0.15, -0.1) is 0 Å². The van der Waals surface area contributed by atoms with Crippen LogP contribution in [0, 0.1) is 0 Å². The van der Waals surface area contributed by atoms with Gasteiger partial charge in [-0.25, -0.2) is 0 Å². The molecule has 0 aromatic rings. The Morgan fingerprint density at radius 2 is 1.73 bits per heavy atom. The number of piperidine rings is 2. The average Bonchev–Trinajstić information content (AvgIpc) is 1.92. The molecule has 0 spiro atoms. The van der Waals surface area contributed by atoms with Gasteiger partial charge in [-0.05, 0) is 32.7 Å². The summed E-state index contributed by atoms with van der Waals surface area (Å²) in [7, 11) is 2.21. The maximum atomic E-state index is 9.51. The van der Waals surface area contributed by atoms with Crippen LogP contribution in [0.4, 0.5) is 0 Å². The van der Waals surface area contributed by atoms with E-state index in [1.807, 2.05) is 0 Å². The van der Waals surface area contributed by atoms with Crippen LogP contribution in [0.2, 0.25) is 0 Å². The molecule has 0 aliphatic carbocycles. The van der Waals surface area contributed by atoms with E-state index in [4.69, 9.17) is 0 Å². The van der Waals surface area contributed by atoms with E-state index < -0.39 is 0 Å². The molecular formula is C9H17NO. The zero-order chi connectivity index (χ0) is 7.84. The summed E-state index contributed by atoms with van der Waals surface area (Å²) < 4.78 is 0. The van der Waals surface area contributed by atoms with Gasteiger partial charge >= 0.3 is 0 Å². The molecule has 2 fully saturated rings. The van der Waals surface area contributed by atoms with E-state index in [9.17, 15) is 5.11 Å². The lowest BCUT2D eigenvalue weighted by atomic mass is 9.84. The minimum absolute atomic E-state index is 0.0125. The van der Waals surface area contributed by atoms with Crippen molar-refractivity contribution in [1.82, 2.24) is 4.90 Å². The fraction of sp³-hybridized carbons (Fsp3) is 1.00. The van der Waals surface area contributed by atoms with E-state index in [0.29, 0.717) is 12.1 Å². The predicted octanol–water partition coefficient (Wildman–Crippen LogP) is 0.994. The highest BCUT2D eigenvalue weighted by Crippen LogP contribution is 2.32. The summed E-state index contributed by atoms with van der Waals surface area (Å²) >= 11 is 0. The smallest absolute Gasteiger partial charge is 0.0570 e. The van der Waals surface area contributed by atoms with Gasteiger partial charge in [-0.2, -0.15) is 0 Å². The highest BCUT2D eigenvalue weighted by Gasteiger charge is 2.34. The molecule has 1 N–H and O–H groups in total. The third-order valence-corrected chi connectivity index (χ3v) is 3.31. The van der Waals surface area contributed by atoms with Crippen molar-refractivity contribution < 1.29 is 5.11 Å². The van der Waals surface area contributed by atoms with E-state index in [2.05, 4.69) is 11.9 Å². The second-order valence-electron chi connectivity index (χ2n) is 4.03. The third kappa shape index (κ3) is 1.30. The molecule has 0 saturated carbocycles. The second-order valence-corrected chi connectivity index (χ2v) is 4.03. The van der Waals surface area contributed by atoms with Crippen LogP contribution in [-0.4, -0.2) is 35.2 Å². The highest BCUT2D eigenvalue weighted by atomic mass is 16.3. The second kappa shape index (κ2) is 2.76. The lowest BCUT2D eigenvalue weighted by molar-refractivity contribution is -0.0106. The molecule has 2 bridgehead atoms. The van der Waals surface area contributed by atoms with Gasteiger partial charge in [0.15, 0.2) is 0 Å². The Morgan fingerprint density at radius 3 is 2.27 bits per heavy atom. The standard InChI is InChI=1S/C9H17NO/c1-10-7-3-2-4-8(10)6-9(11)5-7/h7-9,11H,2-6H2,1H3/t7-,8+,9-. The topological polar surface area (TPSA) is 23.5 Å². The quantitative estimate of drug-likeness (QED) is 0.564. The van der Waals surface area contributed by atoms with Crippen LogP contribution in [0.5, 0.6) is 0 Å². The Morgan fingerprint density at radius 1 is 1.18 bits per heavy atom. The molecule has 0 radical (unpaired) electrons. The number of aliphatic hydroxyl groups is 1. The van der Waals surface area contributed by atoms with Crippen molar-refractivity contribution in [3.05, 3.63) is 0 Å². The molecule has 2 rings (SSSR count). The molecule has 3 atom stereocenters. The monoisotopic (exact) mass is 155 g/mol. The number of aliphatic hydroxyl groups excluding tert-OH is 1. The number of rotatable bonds is 0. The van der Waals surface area contributed by atoms with Gasteiger partial charge in [0.25, 0.3) is 0 Å². The van der Waals surface area contributed by atoms with Crippen LogP contribution in [0.15, 0.2) is 0 Å². The van der Waals surface area contributed by atoms with E-state index >= 15 is 0 Å². The normalized spacial score (nSPS) is 45.8. The molecule has 11 heavy (non-hydrogen) atoms. The molecule has 2 aliphatic heterocycles. The summed E-state index contributed by atoms with van der Waals surface area (Å²) in [5.74, 6) is 0. The van der Waals surface area contributed by atoms with Gasteiger partial charge in [0.2, 0.25) is 0 Å². The summed E-state index contributed by atoms with van der Waals surface area (Å²) in [5.41, 5.74) is 0. The van der Waals surface area contributed by atoms with Crippen molar-refractivity contribution >= 4 is 0 Å². The average molecular weight is 155 g/mol. The molecule has 0 aromatic heterocycles. The van der Waals surface area contributed by atoms with Crippen molar-refractivity contribution in [3.8, 4) is 0 Å². The summed E-state index contributed by atoms with van der Waals surface area (Å²) in [5, 5.41) is 9.51. The van der Waals surface area contributed by atoms with Gasteiger partial charge < -0.3 is 10.0 Å². The Bertz CT molecular complexity index is 134. The van der Waals surface area contributed by atoms with Crippen LogP contribution in [0.3, 0.4) is 0 Å².